The average molecular weight is 512 g/mol. The normalized spacial score (nSPS) is 12.2. The van der Waals surface area contributed by atoms with E-state index in [1.807, 2.05) is 52.0 Å². The van der Waals surface area contributed by atoms with Gasteiger partial charge in [-0.25, -0.2) is 0 Å². The molecule has 2 rings (SSSR count). The Bertz CT molecular complexity index is 946. The molecule has 0 aliphatic heterocycles. The predicted molar refractivity (Wildman–Crippen MR) is 138 cm³/mol. The van der Waals surface area contributed by atoms with Crippen LogP contribution in [0.1, 0.15) is 45.2 Å². The van der Waals surface area contributed by atoms with Crippen LogP contribution in [-0.2, 0) is 21.9 Å². The lowest BCUT2D eigenvalue weighted by atomic mass is 10.1. The van der Waals surface area contributed by atoms with E-state index >= 15 is 0 Å². The number of benzene rings is 2. The zero-order valence-corrected chi connectivity index (χ0v) is 22.1. The van der Waals surface area contributed by atoms with E-state index in [0.717, 1.165) is 16.9 Å². The molecule has 2 amide bonds. The van der Waals surface area contributed by atoms with E-state index < -0.39 is 11.6 Å². The molecule has 0 heterocycles. The molecule has 0 fully saturated rings. The minimum absolute atomic E-state index is 0.115. The smallest absolute Gasteiger partial charge is 0.243 e. The van der Waals surface area contributed by atoms with Gasteiger partial charge in [0.1, 0.15) is 11.8 Å². The summed E-state index contributed by atoms with van der Waals surface area (Å²) in [5, 5.41) is 3.99. The number of carbonyl (C=O) groups excluding carboxylic acids is 2. The fourth-order valence-electron chi connectivity index (χ4n) is 3.27. The van der Waals surface area contributed by atoms with Gasteiger partial charge in [0.15, 0.2) is 0 Å². The maximum Gasteiger partial charge on any atom is 0.243 e. The maximum absolute atomic E-state index is 13.3. The molecular formula is C25H32Cl2N2O3S. The molecule has 2 aromatic carbocycles. The summed E-state index contributed by atoms with van der Waals surface area (Å²) in [4.78, 5) is 28.0. The molecule has 0 bridgehead atoms. The van der Waals surface area contributed by atoms with Gasteiger partial charge in [0.25, 0.3) is 0 Å². The molecule has 0 unspecified atom stereocenters. The highest BCUT2D eigenvalue weighted by Crippen LogP contribution is 2.25. The molecule has 0 aliphatic carbocycles. The molecule has 1 atom stereocenters. The Labute approximate surface area is 211 Å². The van der Waals surface area contributed by atoms with E-state index in [9.17, 15) is 9.59 Å². The van der Waals surface area contributed by atoms with Crippen molar-refractivity contribution >= 4 is 46.8 Å². The number of carbonyl (C=O) groups is 2. The molecule has 0 saturated carbocycles. The molecule has 0 radical (unpaired) electrons. The third kappa shape index (κ3) is 8.76. The van der Waals surface area contributed by atoms with Gasteiger partial charge in [0.2, 0.25) is 11.8 Å². The van der Waals surface area contributed by atoms with Crippen molar-refractivity contribution in [1.82, 2.24) is 10.2 Å². The molecule has 8 heteroatoms. The van der Waals surface area contributed by atoms with Gasteiger partial charge in [-0.15, -0.1) is 11.8 Å². The number of amides is 2. The Morgan fingerprint density at radius 3 is 2.33 bits per heavy atom. The average Bonchev–Trinajstić information content (AvgIpc) is 2.74. The van der Waals surface area contributed by atoms with Gasteiger partial charge in [-0.2, -0.15) is 0 Å². The van der Waals surface area contributed by atoms with E-state index in [-0.39, 0.29) is 24.1 Å². The van der Waals surface area contributed by atoms with Crippen LogP contribution < -0.4 is 10.1 Å². The van der Waals surface area contributed by atoms with E-state index in [0.29, 0.717) is 22.2 Å². The first kappa shape index (κ1) is 27.4. The summed E-state index contributed by atoms with van der Waals surface area (Å²) in [7, 11) is 1.63. The second-order valence-corrected chi connectivity index (χ2v) is 10.6. The molecular weight excluding hydrogens is 479 g/mol. The standard InChI is InChI=1S/C25H32Cl2N2O3S/c1-6-22(24(31)28-25(2,3)4)29(14-18-9-10-19(26)13-21(18)27)23(30)16-33-15-17-7-11-20(32-5)12-8-17/h7-13,22H,6,14-16H2,1-5H3,(H,28,31)/t22-/m0/s1. The van der Waals surface area contributed by atoms with Crippen LogP contribution in [0.4, 0.5) is 0 Å². The molecule has 0 spiro atoms. The molecule has 1 N–H and O–H groups in total. The molecule has 0 saturated heterocycles. The quantitative estimate of drug-likeness (QED) is 0.428. The van der Waals surface area contributed by atoms with Gasteiger partial charge in [-0.05, 0) is 62.6 Å². The van der Waals surface area contributed by atoms with Crippen molar-refractivity contribution in [2.75, 3.05) is 12.9 Å². The van der Waals surface area contributed by atoms with Crippen molar-refractivity contribution in [2.24, 2.45) is 0 Å². The minimum atomic E-state index is -0.606. The summed E-state index contributed by atoms with van der Waals surface area (Å²) in [6, 6.07) is 12.3. The number of ether oxygens (including phenoxy) is 1. The fourth-order valence-corrected chi connectivity index (χ4v) is 4.61. The van der Waals surface area contributed by atoms with Crippen LogP contribution >= 0.6 is 35.0 Å². The largest absolute Gasteiger partial charge is 0.497 e. The number of hydrogen-bond donors (Lipinski definition) is 1. The molecule has 2 aromatic rings. The summed E-state index contributed by atoms with van der Waals surface area (Å²) >= 11 is 13.9. The lowest BCUT2D eigenvalue weighted by Crippen LogP contribution is -2.53. The maximum atomic E-state index is 13.3. The molecule has 0 aromatic heterocycles. The molecule has 0 aliphatic rings. The van der Waals surface area contributed by atoms with E-state index in [2.05, 4.69) is 5.32 Å². The first-order valence-electron chi connectivity index (χ1n) is 10.8. The van der Waals surface area contributed by atoms with Gasteiger partial charge in [-0.3, -0.25) is 9.59 Å². The highest BCUT2D eigenvalue weighted by molar-refractivity contribution is 7.99. The monoisotopic (exact) mass is 510 g/mol. The van der Waals surface area contributed by atoms with Crippen LogP contribution in [-0.4, -0.2) is 41.2 Å². The Hall–Kier alpha value is -1.89. The number of thioether (sulfide) groups is 1. The summed E-state index contributed by atoms with van der Waals surface area (Å²) in [5.41, 5.74) is 1.44. The van der Waals surface area contributed by atoms with E-state index in [1.54, 1.807) is 30.2 Å². The summed E-state index contributed by atoms with van der Waals surface area (Å²) in [6.45, 7) is 7.90. The fraction of sp³-hybridized carbons (Fsp3) is 0.440. The van der Waals surface area contributed by atoms with E-state index in [1.165, 1.54) is 11.8 Å². The molecule has 180 valence electrons. The zero-order chi connectivity index (χ0) is 24.6. The van der Waals surface area contributed by atoms with Gasteiger partial charge in [0, 0.05) is 27.9 Å². The predicted octanol–water partition coefficient (Wildman–Crippen LogP) is 5.96. The number of hydrogen-bond acceptors (Lipinski definition) is 4. The molecule has 33 heavy (non-hydrogen) atoms. The van der Waals surface area contributed by atoms with Crippen LogP contribution in [0.5, 0.6) is 5.75 Å². The Balaban J connectivity index is 2.18. The highest BCUT2D eigenvalue weighted by Gasteiger charge is 2.30. The van der Waals surface area contributed by atoms with E-state index in [4.69, 9.17) is 27.9 Å². The first-order valence-corrected chi connectivity index (χ1v) is 12.7. The Kier molecular flexibility index (Phi) is 10.4. The Morgan fingerprint density at radius 1 is 1.12 bits per heavy atom. The van der Waals surface area contributed by atoms with Gasteiger partial charge < -0.3 is 15.0 Å². The molecule has 5 nitrogen and oxygen atoms in total. The van der Waals surface area contributed by atoms with Crippen LogP contribution in [0.3, 0.4) is 0 Å². The van der Waals surface area contributed by atoms with Crippen molar-refractivity contribution in [3.05, 3.63) is 63.6 Å². The summed E-state index contributed by atoms with van der Waals surface area (Å²) < 4.78 is 5.19. The third-order valence-electron chi connectivity index (χ3n) is 4.89. The minimum Gasteiger partial charge on any atom is -0.497 e. The lowest BCUT2D eigenvalue weighted by Gasteiger charge is -2.33. The van der Waals surface area contributed by atoms with Crippen molar-refractivity contribution in [1.29, 1.82) is 0 Å². The summed E-state index contributed by atoms with van der Waals surface area (Å²) in [5.74, 6) is 1.42. The number of rotatable bonds is 10. The Morgan fingerprint density at radius 2 is 1.79 bits per heavy atom. The lowest BCUT2D eigenvalue weighted by molar-refractivity contribution is -0.140. The first-order chi connectivity index (χ1) is 15.5. The van der Waals surface area contributed by atoms with Crippen molar-refractivity contribution in [3.63, 3.8) is 0 Å². The van der Waals surface area contributed by atoms with Crippen molar-refractivity contribution in [3.8, 4) is 5.75 Å². The van der Waals surface area contributed by atoms with Crippen LogP contribution in [0.25, 0.3) is 0 Å². The topological polar surface area (TPSA) is 58.6 Å². The van der Waals surface area contributed by atoms with Gasteiger partial charge in [-0.1, -0.05) is 48.3 Å². The summed E-state index contributed by atoms with van der Waals surface area (Å²) in [6.07, 6.45) is 0.488. The SMILES string of the molecule is CC[C@@H](C(=O)NC(C)(C)C)N(Cc1ccc(Cl)cc1Cl)C(=O)CSCc1ccc(OC)cc1. The number of nitrogens with zero attached hydrogens (tertiary/aromatic N) is 1. The zero-order valence-electron chi connectivity index (χ0n) is 19.8. The number of nitrogens with one attached hydrogen (secondary N) is 1. The van der Waals surface area contributed by atoms with Gasteiger partial charge in [0.05, 0.1) is 12.9 Å². The number of halogens is 2. The van der Waals surface area contributed by atoms with Crippen LogP contribution in [0, 0.1) is 0 Å². The number of methoxy groups -OCH3 is 1. The second-order valence-electron chi connectivity index (χ2n) is 8.76. The second kappa shape index (κ2) is 12.5. The van der Waals surface area contributed by atoms with Crippen LogP contribution in [0.2, 0.25) is 10.0 Å². The third-order valence-corrected chi connectivity index (χ3v) is 6.47. The van der Waals surface area contributed by atoms with Crippen molar-refractivity contribution in [2.45, 2.75) is 58.0 Å². The van der Waals surface area contributed by atoms with Crippen LogP contribution in [0.15, 0.2) is 42.5 Å². The highest BCUT2D eigenvalue weighted by atomic mass is 35.5. The van der Waals surface area contributed by atoms with Crippen molar-refractivity contribution < 1.29 is 14.3 Å². The van der Waals surface area contributed by atoms with Gasteiger partial charge >= 0.3 is 0 Å².